The number of hydrogen-bond donors (Lipinski definition) is 0. The molecule has 0 rings (SSSR count). The van der Waals surface area contributed by atoms with Gasteiger partial charge in [0, 0.05) is 6.42 Å². The highest BCUT2D eigenvalue weighted by Crippen LogP contribution is 2.16. The topological polar surface area (TPSA) is 26.3 Å². The van der Waals surface area contributed by atoms with Crippen LogP contribution in [0.3, 0.4) is 0 Å². The summed E-state index contributed by atoms with van der Waals surface area (Å²) < 4.78 is 5.42. The van der Waals surface area contributed by atoms with Gasteiger partial charge in [-0.3, -0.25) is 4.79 Å². The summed E-state index contributed by atoms with van der Waals surface area (Å²) in [5.74, 6) is 0.806. The summed E-state index contributed by atoms with van der Waals surface area (Å²) in [6, 6.07) is 0. The maximum Gasteiger partial charge on any atom is 0.306 e. The van der Waals surface area contributed by atoms with Gasteiger partial charge in [-0.25, -0.2) is 0 Å². The Labute approximate surface area is 88.0 Å². The van der Waals surface area contributed by atoms with E-state index in [1.165, 1.54) is 0 Å². The smallest absolute Gasteiger partial charge is 0.306 e. The maximum atomic E-state index is 11.4. The number of esters is 1. The minimum absolute atomic E-state index is 0.0489. The molecule has 0 radical (unpaired) electrons. The van der Waals surface area contributed by atoms with E-state index < -0.39 is 0 Å². The molecule has 2 unspecified atom stereocenters. The summed E-state index contributed by atoms with van der Waals surface area (Å²) in [5.41, 5.74) is 0. The molecule has 0 saturated heterocycles. The third kappa shape index (κ3) is 5.25. The average Bonchev–Trinajstić information content (AvgIpc) is 2.11. The summed E-state index contributed by atoms with van der Waals surface area (Å²) >= 11 is 0. The Balaban J connectivity index is 3.98. The number of carbonyl (C=O) groups excluding carboxylic acids is 1. The summed E-state index contributed by atoms with van der Waals surface area (Å²) in [6.07, 6.45) is 2.62. The van der Waals surface area contributed by atoms with E-state index in [0.717, 1.165) is 12.8 Å². The summed E-state index contributed by atoms with van der Waals surface area (Å²) in [4.78, 5) is 11.4. The third-order valence-electron chi connectivity index (χ3n) is 2.54. The van der Waals surface area contributed by atoms with Crippen LogP contribution in [0.15, 0.2) is 0 Å². The second kappa shape index (κ2) is 6.86. The van der Waals surface area contributed by atoms with Gasteiger partial charge in [0.05, 0.1) is 0 Å². The van der Waals surface area contributed by atoms with Crippen LogP contribution in [0, 0.1) is 11.8 Å². The zero-order valence-electron chi connectivity index (χ0n) is 10.2. The van der Waals surface area contributed by atoms with Crippen LogP contribution in [0.5, 0.6) is 0 Å². The van der Waals surface area contributed by atoms with Gasteiger partial charge >= 0.3 is 5.97 Å². The fourth-order valence-electron chi connectivity index (χ4n) is 1.42. The Bertz CT molecular complexity index is 164. The Kier molecular flexibility index (Phi) is 6.60. The van der Waals surface area contributed by atoms with Crippen LogP contribution in [0.2, 0.25) is 0 Å². The van der Waals surface area contributed by atoms with Gasteiger partial charge < -0.3 is 4.74 Å². The molecule has 14 heavy (non-hydrogen) atoms. The van der Waals surface area contributed by atoms with Crippen LogP contribution in [-0.4, -0.2) is 12.1 Å². The number of rotatable bonds is 6. The highest BCUT2D eigenvalue weighted by atomic mass is 16.5. The molecule has 84 valence electrons. The first-order valence-electron chi connectivity index (χ1n) is 5.70. The molecule has 0 aromatic rings. The van der Waals surface area contributed by atoms with Gasteiger partial charge in [-0.05, 0) is 18.3 Å². The van der Waals surface area contributed by atoms with Crippen LogP contribution in [0.1, 0.15) is 53.9 Å². The van der Waals surface area contributed by atoms with Crippen molar-refractivity contribution in [2.24, 2.45) is 11.8 Å². The molecule has 2 heteroatoms. The van der Waals surface area contributed by atoms with Gasteiger partial charge in [0.25, 0.3) is 0 Å². The number of hydrogen-bond acceptors (Lipinski definition) is 2. The fourth-order valence-corrected chi connectivity index (χ4v) is 1.42. The van der Waals surface area contributed by atoms with E-state index in [2.05, 4.69) is 20.8 Å². The van der Waals surface area contributed by atoms with Gasteiger partial charge in [0.15, 0.2) is 0 Å². The molecule has 0 aromatic carbocycles. The molecule has 0 saturated carbocycles. The molecule has 2 nitrogen and oxygen atoms in total. The lowest BCUT2D eigenvalue weighted by Crippen LogP contribution is -2.24. The monoisotopic (exact) mass is 200 g/mol. The van der Waals surface area contributed by atoms with Crippen molar-refractivity contribution in [1.82, 2.24) is 0 Å². The lowest BCUT2D eigenvalue weighted by molar-refractivity contribution is -0.152. The van der Waals surface area contributed by atoms with Gasteiger partial charge in [0.1, 0.15) is 6.10 Å². The van der Waals surface area contributed by atoms with E-state index in [4.69, 9.17) is 4.74 Å². The van der Waals surface area contributed by atoms with Crippen LogP contribution in [-0.2, 0) is 9.53 Å². The predicted molar refractivity (Wildman–Crippen MR) is 59.1 cm³/mol. The van der Waals surface area contributed by atoms with Gasteiger partial charge in [-0.1, -0.05) is 41.0 Å². The molecule has 0 aliphatic rings. The van der Waals surface area contributed by atoms with Crippen molar-refractivity contribution in [3.05, 3.63) is 0 Å². The number of carbonyl (C=O) groups is 1. The quantitative estimate of drug-likeness (QED) is 0.614. The minimum atomic E-state index is -0.0489. The van der Waals surface area contributed by atoms with E-state index in [1.54, 1.807) is 0 Å². The zero-order valence-corrected chi connectivity index (χ0v) is 10.2. The molecule has 0 N–H and O–H groups in total. The van der Waals surface area contributed by atoms with Gasteiger partial charge in [-0.15, -0.1) is 0 Å². The molecule has 0 aliphatic heterocycles. The summed E-state index contributed by atoms with van der Waals surface area (Å²) in [6.45, 7) is 10.4. The summed E-state index contributed by atoms with van der Waals surface area (Å²) in [5, 5.41) is 0. The van der Waals surface area contributed by atoms with Crippen LogP contribution >= 0.6 is 0 Å². The third-order valence-corrected chi connectivity index (χ3v) is 2.54. The summed E-state index contributed by atoms with van der Waals surface area (Å²) in [7, 11) is 0. The van der Waals surface area contributed by atoms with Crippen molar-refractivity contribution in [2.45, 2.75) is 60.0 Å². The molecule has 0 fully saturated rings. The Morgan fingerprint density at radius 3 is 2.07 bits per heavy atom. The second-order valence-corrected chi connectivity index (χ2v) is 4.42. The molecule has 2 atom stereocenters. The zero-order chi connectivity index (χ0) is 11.1. The van der Waals surface area contributed by atoms with E-state index >= 15 is 0 Å². The first-order chi connectivity index (χ1) is 6.51. The average molecular weight is 200 g/mol. The van der Waals surface area contributed by atoms with Crippen molar-refractivity contribution in [2.75, 3.05) is 0 Å². The number of ether oxygens (including phenoxy) is 1. The van der Waals surface area contributed by atoms with Crippen molar-refractivity contribution in [3.8, 4) is 0 Å². The van der Waals surface area contributed by atoms with Crippen molar-refractivity contribution >= 4 is 5.97 Å². The molecule has 0 amide bonds. The van der Waals surface area contributed by atoms with E-state index in [9.17, 15) is 4.79 Å². The molecular formula is C12H24O2. The molecule has 0 heterocycles. The first kappa shape index (κ1) is 13.5. The minimum Gasteiger partial charge on any atom is -0.462 e. The molecule has 0 spiro atoms. The lowest BCUT2D eigenvalue weighted by Gasteiger charge is -2.22. The van der Waals surface area contributed by atoms with Gasteiger partial charge in [-0.2, -0.15) is 0 Å². The standard InChI is InChI=1S/C12H24O2/c1-6-10(5)11(7-2)14-12(13)8-9(3)4/h9-11H,6-8H2,1-5H3. The van der Waals surface area contributed by atoms with Gasteiger partial charge in [0.2, 0.25) is 0 Å². The first-order valence-corrected chi connectivity index (χ1v) is 5.70. The van der Waals surface area contributed by atoms with E-state index in [-0.39, 0.29) is 12.1 Å². The molecule has 0 bridgehead atoms. The SMILES string of the molecule is CCC(C)C(CC)OC(=O)CC(C)C. The van der Waals surface area contributed by atoms with Crippen LogP contribution in [0.25, 0.3) is 0 Å². The second-order valence-electron chi connectivity index (χ2n) is 4.42. The highest BCUT2D eigenvalue weighted by Gasteiger charge is 2.18. The molecular weight excluding hydrogens is 176 g/mol. The predicted octanol–water partition coefficient (Wildman–Crippen LogP) is 3.40. The Hall–Kier alpha value is -0.530. The van der Waals surface area contributed by atoms with E-state index in [1.807, 2.05) is 13.8 Å². The van der Waals surface area contributed by atoms with Crippen LogP contribution in [0.4, 0.5) is 0 Å². The Morgan fingerprint density at radius 2 is 1.71 bits per heavy atom. The highest BCUT2D eigenvalue weighted by molar-refractivity contribution is 5.69. The lowest BCUT2D eigenvalue weighted by atomic mass is 10.00. The van der Waals surface area contributed by atoms with E-state index in [0.29, 0.717) is 18.3 Å². The Morgan fingerprint density at radius 1 is 1.14 bits per heavy atom. The molecule has 0 aromatic heterocycles. The maximum absolute atomic E-state index is 11.4. The largest absolute Gasteiger partial charge is 0.462 e. The van der Waals surface area contributed by atoms with Crippen molar-refractivity contribution in [3.63, 3.8) is 0 Å². The normalized spacial score (nSPS) is 15.3. The molecule has 0 aliphatic carbocycles. The van der Waals surface area contributed by atoms with Crippen molar-refractivity contribution in [1.29, 1.82) is 0 Å². The van der Waals surface area contributed by atoms with Crippen molar-refractivity contribution < 1.29 is 9.53 Å². The van der Waals surface area contributed by atoms with Crippen LogP contribution < -0.4 is 0 Å². The fraction of sp³-hybridized carbons (Fsp3) is 0.917.